The molecule has 0 amide bonds. The number of unbranched alkanes of at least 4 members (excludes halogenated alkanes) is 2. The number of rotatable bonds is 5. The second kappa shape index (κ2) is 5.34. The molecule has 0 radical (unpaired) electrons. The highest BCUT2D eigenvalue weighted by Crippen LogP contribution is 2.20. The Hall–Kier alpha value is -1.03. The second-order valence-corrected chi connectivity index (χ2v) is 6.13. The van der Waals surface area contributed by atoms with Crippen LogP contribution in [0.15, 0.2) is 23.1 Å². The summed E-state index contributed by atoms with van der Waals surface area (Å²) in [5.74, 6) is 0.213. The van der Waals surface area contributed by atoms with Gasteiger partial charge in [0.15, 0.2) is 9.84 Å². The van der Waals surface area contributed by atoms with Crippen LogP contribution in [0, 0.1) is 6.92 Å². The van der Waals surface area contributed by atoms with Gasteiger partial charge in [0, 0.05) is 5.69 Å². The summed E-state index contributed by atoms with van der Waals surface area (Å²) in [5.41, 5.74) is 6.88. The van der Waals surface area contributed by atoms with E-state index in [1.54, 1.807) is 25.1 Å². The second-order valence-electron chi connectivity index (χ2n) is 4.05. The van der Waals surface area contributed by atoms with Crippen molar-refractivity contribution in [1.82, 2.24) is 0 Å². The molecule has 4 heteroatoms. The van der Waals surface area contributed by atoms with Crippen LogP contribution in [0.4, 0.5) is 5.69 Å². The first-order valence-electron chi connectivity index (χ1n) is 5.56. The van der Waals surface area contributed by atoms with Gasteiger partial charge in [-0.1, -0.05) is 25.8 Å². The number of aryl methyl sites for hydroxylation is 1. The van der Waals surface area contributed by atoms with Gasteiger partial charge in [-0.2, -0.15) is 0 Å². The maximum Gasteiger partial charge on any atom is 0.178 e. The van der Waals surface area contributed by atoms with Crippen LogP contribution in [0.2, 0.25) is 0 Å². The van der Waals surface area contributed by atoms with Crippen molar-refractivity contribution in [1.29, 1.82) is 0 Å². The molecule has 0 heterocycles. The highest BCUT2D eigenvalue weighted by atomic mass is 32.2. The van der Waals surface area contributed by atoms with Gasteiger partial charge in [0.1, 0.15) is 0 Å². The molecular formula is C12H19NO2S. The fraction of sp³-hybridized carbons (Fsp3) is 0.500. The Balaban J connectivity index is 2.93. The fourth-order valence-electron chi connectivity index (χ4n) is 1.60. The summed E-state index contributed by atoms with van der Waals surface area (Å²) in [4.78, 5) is 0.378. The number of benzene rings is 1. The average Bonchev–Trinajstić information content (AvgIpc) is 2.22. The van der Waals surface area contributed by atoms with E-state index < -0.39 is 9.84 Å². The largest absolute Gasteiger partial charge is 0.399 e. The lowest BCUT2D eigenvalue weighted by Crippen LogP contribution is -2.09. The van der Waals surface area contributed by atoms with Crippen molar-refractivity contribution in [3.05, 3.63) is 23.8 Å². The monoisotopic (exact) mass is 241 g/mol. The molecule has 0 bridgehead atoms. The van der Waals surface area contributed by atoms with Crippen molar-refractivity contribution in [3.8, 4) is 0 Å². The van der Waals surface area contributed by atoms with Crippen LogP contribution in [0.3, 0.4) is 0 Å². The van der Waals surface area contributed by atoms with Crippen LogP contribution < -0.4 is 5.73 Å². The summed E-state index contributed by atoms with van der Waals surface area (Å²) < 4.78 is 24.0. The Labute approximate surface area is 97.6 Å². The highest BCUT2D eigenvalue weighted by Gasteiger charge is 2.16. The van der Waals surface area contributed by atoms with E-state index in [1.165, 1.54) is 0 Å². The SMILES string of the molecule is CCCCCS(=O)(=O)c1cc(N)ccc1C. The molecular weight excluding hydrogens is 222 g/mol. The van der Waals surface area contributed by atoms with Crippen molar-refractivity contribution < 1.29 is 8.42 Å². The Morgan fingerprint density at radius 2 is 1.94 bits per heavy atom. The highest BCUT2D eigenvalue weighted by molar-refractivity contribution is 7.91. The minimum Gasteiger partial charge on any atom is -0.399 e. The quantitative estimate of drug-likeness (QED) is 0.636. The van der Waals surface area contributed by atoms with Crippen LogP contribution in [0.25, 0.3) is 0 Å². The zero-order valence-electron chi connectivity index (χ0n) is 9.86. The molecule has 0 aliphatic rings. The Bertz CT molecular complexity index is 452. The standard InChI is InChI=1S/C12H19NO2S/c1-3-4-5-8-16(14,15)12-9-11(13)7-6-10(12)2/h6-7,9H,3-5,8,13H2,1-2H3. The van der Waals surface area contributed by atoms with Gasteiger partial charge in [-0.3, -0.25) is 0 Å². The van der Waals surface area contributed by atoms with Gasteiger partial charge in [-0.05, 0) is 31.0 Å². The maximum atomic E-state index is 12.0. The smallest absolute Gasteiger partial charge is 0.178 e. The van der Waals surface area contributed by atoms with E-state index in [0.29, 0.717) is 17.0 Å². The summed E-state index contributed by atoms with van der Waals surface area (Å²) in [5, 5.41) is 0. The molecule has 16 heavy (non-hydrogen) atoms. The third-order valence-electron chi connectivity index (χ3n) is 2.56. The maximum absolute atomic E-state index is 12.0. The first kappa shape index (κ1) is 13.0. The van der Waals surface area contributed by atoms with Crippen molar-refractivity contribution in [2.45, 2.75) is 38.0 Å². The zero-order chi connectivity index (χ0) is 12.2. The van der Waals surface area contributed by atoms with Gasteiger partial charge in [0.05, 0.1) is 10.6 Å². The first-order chi connectivity index (χ1) is 7.47. The van der Waals surface area contributed by atoms with Crippen LogP contribution in [-0.4, -0.2) is 14.2 Å². The van der Waals surface area contributed by atoms with Gasteiger partial charge in [-0.15, -0.1) is 0 Å². The average molecular weight is 241 g/mol. The molecule has 0 unspecified atom stereocenters. The molecule has 0 spiro atoms. The molecule has 2 N–H and O–H groups in total. The van der Waals surface area contributed by atoms with E-state index in [-0.39, 0.29) is 5.75 Å². The molecule has 1 aromatic rings. The van der Waals surface area contributed by atoms with E-state index in [0.717, 1.165) is 18.4 Å². The summed E-state index contributed by atoms with van der Waals surface area (Å²) in [7, 11) is -3.17. The Kier molecular flexibility index (Phi) is 4.35. The van der Waals surface area contributed by atoms with Crippen molar-refractivity contribution in [3.63, 3.8) is 0 Å². The van der Waals surface area contributed by atoms with Gasteiger partial charge in [-0.25, -0.2) is 8.42 Å². The normalized spacial score (nSPS) is 11.6. The van der Waals surface area contributed by atoms with Crippen molar-refractivity contribution in [2.75, 3.05) is 11.5 Å². The number of anilines is 1. The molecule has 1 rings (SSSR count). The predicted molar refractivity (Wildman–Crippen MR) is 67.2 cm³/mol. The Morgan fingerprint density at radius 3 is 2.56 bits per heavy atom. The third kappa shape index (κ3) is 3.23. The van der Waals surface area contributed by atoms with E-state index in [2.05, 4.69) is 6.92 Å². The van der Waals surface area contributed by atoms with Gasteiger partial charge < -0.3 is 5.73 Å². The number of nitrogen functional groups attached to an aromatic ring is 1. The molecule has 0 aliphatic carbocycles. The van der Waals surface area contributed by atoms with Crippen LogP contribution in [0.1, 0.15) is 31.7 Å². The molecule has 0 atom stereocenters. The zero-order valence-corrected chi connectivity index (χ0v) is 10.7. The molecule has 1 aromatic carbocycles. The topological polar surface area (TPSA) is 60.2 Å². The summed E-state index contributed by atoms with van der Waals surface area (Å²) in [6.45, 7) is 3.85. The van der Waals surface area contributed by atoms with E-state index in [4.69, 9.17) is 5.73 Å². The van der Waals surface area contributed by atoms with Crippen LogP contribution >= 0.6 is 0 Å². The molecule has 0 aliphatic heterocycles. The lowest BCUT2D eigenvalue weighted by Gasteiger charge is -2.08. The van der Waals surface area contributed by atoms with Crippen molar-refractivity contribution in [2.24, 2.45) is 0 Å². The summed E-state index contributed by atoms with van der Waals surface area (Å²) in [6.07, 6.45) is 2.68. The number of nitrogens with two attached hydrogens (primary N) is 1. The van der Waals surface area contributed by atoms with Gasteiger partial charge in [0.25, 0.3) is 0 Å². The van der Waals surface area contributed by atoms with Crippen molar-refractivity contribution >= 4 is 15.5 Å². The number of hydrogen-bond acceptors (Lipinski definition) is 3. The van der Waals surface area contributed by atoms with Crippen LogP contribution in [-0.2, 0) is 9.84 Å². The molecule has 0 aromatic heterocycles. The number of hydrogen-bond donors (Lipinski definition) is 1. The summed E-state index contributed by atoms with van der Waals surface area (Å²) >= 11 is 0. The first-order valence-corrected chi connectivity index (χ1v) is 7.21. The fourth-order valence-corrected chi connectivity index (χ4v) is 3.28. The van der Waals surface area contributed by atoms with E-state index in [1.807, 2.05) is 0 Å². The lowest BCUT2D eigenvalue weighted by atomic mass is 10.2. The number of sulfone groups is 1. The minimum absolute atomic E-state index is 0.213. The van der Waals surface area contributed by atoms with Gasteiger partial charge in [0.2, 0.25) is 0 Å². The van der Waals surface area contributed by atoms with Crippen LogP contribution in [0.5, 0.6) is 0 Å². The Morgan fingerprint density at radius 1 is 1.25 bits per heavy atom. The summed E-state index contributed by atoms with van der Waals surface area (Å²) in [6, 6.07) is 5.03. The van der Waals surface area contributed by atoms with Gasteiger partial charge >= 0.3 is 0 Å². The molecule has 3 nitrogen and oxygen atoms in total. The minimum atomic E-state index is -3.17. The third-order valence-corrected chi connectivity index (χ3v) is 4.50. The lowest BCUT2D eigenvalue weighted by molar-refractivity contribution is 0.590. The predicted octanol–water partition coefficient (Wildman–Crippen LogP) is 2.54. The van der Waals surface area contributed by atoms with E-state index in [9.17, 15) is 8.42 Å². The molecule has 0 saturated carbocycles. The molecule has 0 saturated heterocycles. The molecule has 90 valence electrons. The molecule has 0 fully saturated rings. The van der Waals surface area contributed by atoms with E-state index >= 15 is 0 Å².